The van der Waals surface area contributed by atoms with E-state index in [0.717, 1.165) is 13.0 Å². The molecule has 1 amide bonds. The number of aliphatic hydroxyl groups excluding tert-OH is 1. The summed E-state index contributed by atoms with van der Waals surface area (Å²) < 4.78 is 0. The van der Waals surface area contributed by atoms with Crippen LogP contribution in [0.4, 0.5) is 0 Å². The fourth-order valence-electron chi connectivity index (χ4n) is 1.69. The normalized spacial score (nSPS) is 28.8. The third-order valence-electron chi connectivity index (χ3n) is 2.80. The van der Waals surface area contributed by atoms with Gasteiger partial charge in [-0.3, -0.25) is 4.79 Å². The number of hydrogen-bond acceptors (Lipinski definition) is 3. The number of carbonyl (C=O) groups excluding carboxylic acids is 1. The predicted molar refractivity (Wildman–Crippen MR) is 54.8 cm³/mol. The summed E-state index contributed by atoms with van der Waals surface area (Å²) in [6.45, 7) is 5.56. The van der Waals surface area contributed by atoms with Gasteiger partial charge in [0, 0.05) is 19.2 Å². The van der Waals surface area contributed by atoms with Crippen LogP contribution < -0.4 is 10.6 Å². The lowest BCUT2D eigenvalue weighted by Crippen LogP contribution is -2.38. The molecule has 4 nitrogen and oxygen atoms in total. The van der Waals surface area contributed by atoms with Crippen LogP contribution in [-0.2, 0) is 4.79 Å². The lowest BCUT2D eigenvalue weighted by molar-refractivity contribution is -0.125. The van der Waals surface area contributed by atoms with Crippen LogP contribution in [0.15, 0.2) is 0 Å². The van der Waals surface area contributed by atoms with Crippen molar-refractivity contribution in [2.45, 2.75) is 26.3 Å². The summed E-state index contributed by atoms with van der Waals surface area (Å²) in [4.78, 5) is 11.6. The van der Waals surface area contributed by atoms with E-state index in [-0.39, 0.29) is 30.4 Å². The largest absolute Gasteiger partial charge is 0.396 e. The van der Waals surface area contributed by atoms with E-state index in [0.29, 0.717) is 6.54 Å². The molecule has 0 bridgehead atoms. The first-order valence-electron chi connectivity index (χ1n) is 5.27. The zero-order valence-corrected chi connectivity index (χ0v) is 8.92. The lowest BCUT2D eigenvalue weighted by atomic mass is 10.0. The Labute approximate surface area is 85.1 Å². The van der Waals surface area contributed by atoms with Gasteiger partial charge >= 0.3 is 0 Å². The third-order valence-corrected chi connectivity index (χ3v) is 2.80. The van der Waals surface area contributed by atoms with E-state index in [1.165, 1.54) is 0 Å². The van der Waals surface area contributed by atoms with Gasteiger partial charge in [0.25, 0.3) is 0 Å². The summed E-state index contributed by atoms with van der Waals surface area (Å²) >= 11 is 0. The standard InChI is InChI=1S/C10H20N2O2/c1-7(6-13)5-12-10(14)9-3-4-11-8(9)2/h7-9,11,13H,3-6H2,1-2H3,(H,12,14). The highest BCUT2D eigenvalue weighted by atomic mass is 16.3. The van der Waals surface area contributed by atoms with Crippen molar-refractivity contribution in [2.24, 2.45) is 11.8 Å². The molecule has 1 heterocycles. The van der Waals surface area contributed by atoms with Gasteiger partial charge in [-0.2, -0.15) is 0 Å². The molecule has 3 N–H and O–H groups in total. The zero-order valence-electron chi connectivity index (χ0n) is 8.92. The Bertz CT molecular complexity index is 197. The summed E-state index contributed by atoms with van der Waals surface area (Å²) in [6.07, 6.45) is 0.917. The molecule has 0 saturated carbocycles. The van der Waals surface area contributed by atoms with E-state index in [4.69, 9.17) is 5.11 Å². The highest BCUT2D eigenvalue weighted by Crippen LogP contribution is 2.14. The van der Waals surface area contributed by atoms with E-state index in [9.17, 15) is 4.79 Å². The van der Waals surface area contributed by atoms with Crippen molar-refractivity contribution in [3.05, 3.63) is 0 Å². The Kier molecular flexibility index (Phi) is 4.35. The number of carbonyl (C=O) groups is 1. The second kappa shape index (κ2) is 5.32. The molecule has 14 heavy (non-hydrogen) atoms. The summed E-state index contributed by atoms with van der Waals surface area (Å²) in [7, 11) is 0. The maximum Gasteiger partial charge on any atom is 0.224 e. The molecule has 0 aromatic heterocycles. The van der Waals surface area contributed by atoms with Gasteiger partial charge in [-0.1, -0.05) is 6.92 Å². The average Bonchev–Trinajstić information content (AvgIpc) is 2.60. The summed E-state index contributed by atoms with van der Waals surface area (Å²) in [6, 6.07) is 0.277. The van der Waals surface area contributed by atoms with Crippen molar-refractivity contribution in [2.75, 3.05) is 19.7 Å². The molecule has 0 spiro atoms. The van der Waals surface area contributed by atoms with Crippen LogP contribution in [0, 0.1) is 11.8 Å². The topological polar surface area (TPSA) is 61.4 Å². The number of hydrogen-bond donors (Lipinski definition) is 3. The van der Waals surface area contributed by atoms with E-state index >= 15 is 0 Å². The second-order valence-electron chi connectivity index (χ2n) is 4.17. The average molecular weight is 200 g/mol. The van der Waals surface area contributed by atoms with Crippen LogP contribution in [0.1, 0.15) is 20.3 Å². The van der Waals surface area contributed by atoms with Crippen LogP contribution in [0.3, 0.4) is 0 Å². The minimum Gasteiger partial charge on any atom is -0.396 e. The Hall–Kier alpha value is -0.610. The van der Waals surface area contributed by atoms with Gasteiger partial charge in [0.1, 0.15) is 0 Å². The molecular weight excluding hydrogens is 180 g/mol. The van der Waals surface area contributed by atoms with Crippen molar-refractivity contribution in [1.82, 2.24) is 10.6 Å². The first kappa shape index (κ1) is 11.5. The smallest absolute Gasteiger partial charge is 0.224 e. The molecule has 1 aliphatic heterocycles. The van der Waals surface area contributed by atoms with Crippen molar-refractivity contribution in [1.29, 1.82) is 0 Å². The maximum atomic E-state index is 11.6. The second-order valence-corrected chi connectivity index (χ2v) is 4.17. The van der Waals surface area contributed by atoms with Crippen LogP contribution in [0.25, 0.3) is 0 Å². The van der Waals surface area contributed by atoms with Crippen LogP contribution in [0.5, 0.6) is 0 Å². The van der Waals surface area contributed by atoms with Gasteiger partial charge in [0.15, 0.2) is 0 Å². The molecule has 1 saturated heterocycles. The summed E-state index contributed by atoms with van der Waals surface area (Å²) in [5, 5.41) is 14.9. The molecule has 0 aromatic carbocycles. The fraction of sp³-hybridized carbons (Fsp3) is 0.900. The lowest BCUT2D eigenvalue weighted by Gasteiger charge is -2.16. The maximum absolute atomic E-state index is 11.6. The van der Waals surface area contributed by atoms with Gasteiger partial charge in [0.2, 0.25) is 5.91 Å². The van der Waals surface area contributed by atoms with E-state index in [2.05, 4.69) is 10.6 Å². The number of aliphatic hydroxyl groups is 1. The first-order chi connectivity index (χ1) is 6.65. The minimum atomic E-state index is 0.0980. The molecule has 4 heteroatoms. The van der Waals surface area contributed by atoms with Crippen molar-refractivity contribution in [3.63, 3.8) is 0 Å². The summed E-state index contributed by atoms with van der Waals surface area (Å²) in [5.41, 5.74) is 0. The first-order valence-corrected chi connectivity index (χ1v) is 5.27. The molecule has 0 aliphatic carbocycles. The predicted octanol–water partition coefficient (Wildman–Crippen LogP) is -0.271. The monoisotopic (exact) mass is 200 g/mol. The van der Waals surface area contributed by atoms with E-state index < -0.39 is 0 Å². The van der Waals surface area contributed by atoms with Crippen LogP contribution >= 0.6 is 0 Å². The molecule has 82 valence electrons. The third kappa shape index (κ3) is 2.96. The summed E-state index contributed by atoms with van der Waals surface area (Å²) in [5.74, 6) is 0.354. The molecule has 0 radical (unpaired) electrons. The SMILES string of the molecule is CC(CO)CNC(=O)C1CCNC1C. The van der Waals surface area contributed by atoms with Crippen molar-refractivity contribution in [3.8, 4) is 0 Å². The van der Waals surface area contributed by atoms with Crippen molar-refractivity contribution >= 4 is 5.91 Å². The molecule has 1 aliphatic rings. The Morgan fingerprint density at radius 3 is 2.93 bits per heavy atom. The van der Waals surface area contributed by atoms with Crippen LogP contribution in [-0.4, -0.2) is 36.8 Å². The van der Waals surface area contributed by atoms with Gasteiger partial charge < -0.3 is 15.7 Å². The van der Waals surface area contributed by atoms with Crippen LogP contribution in [0.2, 0.25) is 0 Å². The van der Waals surface area contributed by atoms with Gasteiger partial charge in [-0.15, -0.1) is 0 Å². The van der Waals surface area contributed by atoms with E-state index in [1.54, 1.807) is 0 Å². The molecule has 1 fully saturated rings. The number of rotatable bonds is 4. The Morgan fingerprint density at radius 2 is 2.43 bits per heavy atom. The highest BCUT2D eigenvalue weighted by molar-refractivity contribution is 5.79. The van der Waals surface area contributed by atoms with Crippen molar-refractivity contribution < 1.29 is 9.90 Å². The molecular formula is C10H20N2O2. The highest BCUT2D eigenvalue weighted by Gasteiger charge is 2.29. The van der Waals surface area contributed by atoms with Gasteiger partial charge in [-0.05, 0) is 25.8 Å². The Balaban J connectivity index is 2.27. The molecule has 3 unspecified atom stereocenters. The molecule has 3 atom stereocenters. The number of nitrogens with one attached hydrogen (secondary N) is 2. The quantitative estimate of drug-likeness (QED) is 0.585. The Morgan fingerprint density at radius 1 is 1.71 bits per heavy atom. The van der Waals surface area contributed by atoms with Gasteiger partial charge in [0.05, 0.1) is 5.92 Å². The van der Waals surface area contributed by atoms with E-state index in [1.807, 2.05) is 13.8 Å². The minimum absolute atomic E-state index is 0.0980. The van der Waals surface area contributed by atoms with Gasteiger partial charge in [-0.25, -0.2) is 0 Å². The fourth-order valence-corrected chi connectivity index (χ4v) is 1.69. The molecule has 1 rings (SSSR count). The molecule has 0 aromatic rings. The zero-order chi connectivity index (χ0) is 10.6. The number of amides is 1.